The van der Waals surface area contributed by atoms with Gasteiger partial charge in [-0.25, -0.2) is 9.67 Å². The molecular weight excluding hydrogens is 342 g/mol. The van der Waals surface area contributed by atoms with Crippen molar-refractivity contribution in [3.05, 3.63) is 72.6 Å². The molecule has 0 aliphatic rings. The Balaban J connectivity index is 1.97. The summed E-state index contributed by atoms with van der Waals surface area (Å²) in [5, 5.41) is 4.83. The van der Waals surface area contributed by atoms with E-state index in [1.165, 1.54) is 4.68 Å². The summed E-state index contributed by atoms with van der Waals surface area (Å²) in [7, 11) is 3.20. The van der Waals surface area contributed by atoms with Crippen LogP contribution in [0.1, 0.15) is 10.4 Å². The lowest BCUT2D eigenvalue weighted by molar-refractivity contribution is 0.0946. The minimum Gasteiger partial charge on any atom is -0.497 e. The summed E-state index contributed by atoms with van der Waals surface area (Å²) < 4.78 is 12.1. The van der Waals surface area contributed by atoms with E-state index in [4.69, 9.17) is 14.5 Å². The van der Waals surface area contributed by atoms with Gasteiger partial charge in [0.05, 0.1) is 31.0 Å². The molecule has 0 spiro atoms. The molecular formula is C21H17N3O3. The van der Waals surface area contributed by atoms with Crippen LogP contribution in [0.5, 0.6) is 11.5 Å². The predicted octanol–water partition coefficient (Wildman–Crippen LogP) is 3.80. The molecule has 4 aromatic rings. The maximum Gasteiger partial charge on any atom is 0.278 e. The molecule has 2 heterocycles. The van der Waals surface area contributed by atoms with Crippen molar-refractivity contribution in [1.29, 1.82) is 0 Å². The van der Waals surface area contributed by atoms with Crippen molar-refractivity contribution in [2.24, 2.45) is 0 Å². The fraction of sp³-hybridized carbons (Fsp3) is 0.0952. The molecule has 0 unspecified atom stereocenters. The van der Waals surface area contributed by atoms with E-state index in [2.05, 4.69) is 5.10 Å². The van der Waals surface area contributed by atoms with E-state index in [0.717, 1.165) is 16.5 Å². The van der Waals surface area contributed by atoms with E-state index in [1.807, 2.05) is 42.5 Å². The van der Waals surface area contributed by atoms with Crippen molar-refractivity contribution >= 4 is 16.8 Å². The van der Waals surface area contributed by atoms with Gasteiger partial charge in [0.2, 0.25) is 0 Å². The SMILES string of the molecule is COc1ccc(OC)c(-c2cc(C(=O)n3cccn3)c3ccccc3n2)c1. The van der Waals surface area contributed by atoms with Crippen molar-refractivity contribution in [3.8, 4) is 22.8 Å². The van der Waals surface area contributed by atoms with Crippen LogP contribution in [0.4, 0.5) is 0 Å². The monoisotopic (exact) mass is 359 g/mol. The summed E-state index contributed by atoms with van der Waals surface area (Å²) in [5.41, 5.74) is 2.61. The standard InChI is InChI=1S/C21H17N3O3/c1-26-14-8-9-20(27-2)17(12-14)19-13-16(21(25)24-11-5-10-22-24)15-6-3-4-7-18(15)23-19/h3-13H,1-2H3. The van der Waals surface area contributed by atoms with Crippen LogP contribution < -0.4 is 9.47 Å². The zero-order valence-corrected chi connectivity index (χ0v) is 14.9. The second-order valence-electron chi connectivity index (χ2n) is 5.89. The van der Waals surface area contributed by atoms with Crippen LogP contribution in [0.2, 0.25) is 0 Å². The molecule has 0 saturated heterocycles. The molecule has 0 aliphatic heterocycles. The van der Waals surface area contributed by atoms with Gasteiger partial charge in [0.15, 0.2) is 0 Å². The van der Waals surface area contributed by atoms with Crippen molar-refractivity contribution in [2.45, 2.75) is 0 Å². The number of aromatic nitrogens is 3. The maximum atomic E-state index is 13.0. The van der Waals surface area contributed by atoms with Crippen LogP contribution in [0.15, 0.2) is 67.0 Å². The van der Waals surface area contributed by atoms with Gasteiger partial charge in [0, 0.05) is 23.3 Å². The van der Waals surface area contributed by atoms with Crippen molar-refractivity contribution in [3.63, 3.8) is 0 Å². The first-order chi connectivity index (χ1) is 13.2. The largest absolute Gasteiger partial charge is 0.497 e. The molecule has 0 bridgehead atoms. The number of para-hydroxylation sites is 1. The number of rotatable bonds is 4. The molecule has 6 heteroatoms. The number of hydrogen-bond acceptors (Lipinski definition) is 5. The van der Waals surface area contributed by atoms with Gasteiger partial charge in [-0.3, -0.25) is 4.79 Å². The Kier molecular flexibility index (Phi) is 4.30. The van der Waals surface area contributed by atoms with Crippen LogP contribution in [0.25, 0.3) is 22.2 Å². The number of fused-ring (bicyclic) bond motifs is 1. The number of ether oxygens (including phenoxy) is 2. The molecule has 0 saturated carbocycles. The molecule has 2 aromatic heterocycles. The second kappa shape index (κ2) is 6.92. The number of carbonyl (C=O) groups excluding carboxylic acids is 1. The lowest BCUT2D eigenvalue weighted by Crippen LogP contribution is -2.13. The van der Waals surface area contributed by atoms with E-state index in [9.17, 15) is 4.79 Å². The number of carbonyl (C=O) groups is 1. The summed E-state index contributed by atoms with van der Waals surface area (Å²) >= 11 is 0. The van der Waals surface area contributed by atoms with Gasteiger partial charge in [-0.15, -0.1) is 0 Å². The van der Waals surface area contributed by atoms with Gasteiger partial charge in [-0.05, 0) is 36.4 Å². The molecule has 134 valence electrons. The fourth-order valence-electron chi connectivity index (χ4n) is 3.02. The molecule has 4 rings (SSSR count). The van der Waals surface area contributed by atoms with E-state index in [-0.39, 0.29) is 5.91 Å². The third kappa shape index (κ3) is 3.01. The van der Waals surface area contributed by atoms with Gasteiger partial charge in [-0.1, -0.05) is 18.2 Å². The Morgan fingerprint density at radius 3 is 2.59 bits per heavy atom. The summed E-state index contributed by atoms with van der Waals surface area (Å²) in [6, 6.07) is 16.5. The quantitative estimate of drug-likeness (QED) is 0.554. The molecule has 0 fully saturated rings. The van der Waals surface area contributed by atoms with Crippen LogP contribution in [0, 0.1) is 0 Å². The second-order valence-corrected chi connectivity index (χ2v) is 5.89. The van der Waals surface area contributed by atoms with Gasteiger partial charge in [0.1, 0.15) is 11.5 Å². The van der Waals surface area contributed by atoms with Crippen molar-refractivity contribution in [2.75, 3.05) is 14.2 Å². The number of hydrogen-bond donors (Lipinski definition) is 0. The number of nitrogens with zero attached hydrogens (tertiary/aromatic N) is 3. The van der Waals surface area contributed by atoms with E-state index >= 15 is 0 Å². The third-order valence-electron chi connectivity index (χ3n) is 4.34. The number of benzene rings is 2. The first kappa shape index (κ1) is 16.8. The van der Waals surface area contributed by atoms with Crippen LogP contribution in [-0.4, -0.2) is 34.9 Å². The minimum atomic E-state index is -0.221. The molecule has 2 aromatic carbocycles. The summed E-state index contributed by atoms with van der Waals surface area (Å²) in [4.78, 5) is 17.7. The molecule has 0 radical (unpaired) electrons. The fourth-order valence-corrected chi connectivity index (χ4v) is 3.02. The van der Waals surface area contributed by atoms with Gasteiger partial charge >= 0.3 is 0 Å². The highest BCUT2D eigenvalue weighted by molar-refractivity contribution is 6.07. The normalized spacial score (nSPS) is 10.7. The van der Waals surface area contributed by atoms with E-state index < -0.39 is 0 Å². The zero-order valence-electron chi connectivity index (χ0n) is 14.9. The molecule has 0 aliphatic carbocycles. The molecule has 0 N–H and O–H groups in total. The molecule has 0 atom stereocenters. The highest BCUT2D eigenvalue weighted by Crippen LogP contribution is 2.34. The van der Waals surface area contributed by atoms with Gasteiger partial charge in [-0.2, -0.15) is 5.10 Å². The van der Waals surface area contributed by atoms with Gasteiger partial charge in [0.25, 0.3) is 5.91 Å². The van der Waals surface area contributed by atoms with E-state index in [0.29, 0.717) is 22.8 Å². The maximum absolute atomic E-state index is 13.0. The van der Waals surface area contributed by atoms with Crippen LogP contribution >= 0.6 is 0 Å². The smallest absolute Gasteiger partial charge is 0.278 e. The summed E-state index contributed by atoms with van der Waals surface area (Å²) in [5.74, 6) is 1.11. The lowest BCUT2D eigenvalue weighted by Gasteiger charge is -2.13. The topological polar surface area (TPSA) is 66.2 Å². The highest BCUT2D eigenvalue weighted by Gasteiger charge is 2.18. The molecule has 27 heavy (non-hydrogen) atoms. The summed E-state index contributed by atoms with van der Waals surface area (Å²) in [6.45, 7) is 0. The number of pyridine rings is 1. The highest BCUT2D eigenvalue weighted by atomic mass is 16.5. The molecule has 6 nitrogen and oxygen atoms in total. The first-order valence-electron chi connectivity index (χ1n) is 8.38. The Hall–Kier alpha value is -3.67. The average molecular weight is 359 g/mol. The predicted molar refractivity (Wildman–Crippen MR) is 102 cm³/mol. The zero-order chi connectivity index (χ0) is 18.8. The van der Waals surface area contributed by atoms with Crippen molar-refractivity contribution < 1.29 is 14.3 Å². The average Bonchev–Trinajstić information content (AvgIpc) is 3.26. The van der Waals surface area contributed by atoms with Gasteiger partial charge < -0.3 is 9.47 Å². The van der Waals surface area contributed by atoms with E-state index in [1.54, 1.807) is 38.7 Å². The first-order valence-corrected chi connectivity index (χ1v) is 8.38. The third-order valence-corrected chi connectivity index (χ3v) is 4.34. The van der Waals surface area contributed by atoms with Crippen LogP contribution in [0.3, 0.4) is 0 Å². The minimum absolute atomic E-state index is 0.221. The van der Waals surface area contributed by atoms with Crippen molar-refractivity contribution in [1.82, 2.24) is 14.8 Å². The van der Waals surface area contributed by atoms with Crippen LogP contribution in [-0.2, 0) is 0 Å². The Morgan fingerprint density at radius 2 is 1.85 bits per heavy atom. The Bertz CT molecular complexity index is 1120. The summed E-state index contributed by atoms with van der Waals surface area (Å²) in [6.07, 6.45) is 3.20. The number of methoxy groups -OCH3 is 2. The Morgan fingerprint density at radius 1 is 1.00 bits per heavy atom. The Labute approximate surface area is 156 Å². The lowest BCUT2D eigenvalue weighted by atomic mass is 10.0. The molecule has 0 amide bonds.